The summed E-state index contributed by atoms with van der Waals surface area (Å²) in [6.07, 6.45) is 60.2. The fourth-order valence-electron chi connectivity index (χ4n) is 8.24. The topological polar surface area (TPSA) is 78.9 Å². The van der Waals surface area contributed by atoms with Crippen LogP contribution in [-0.2, 0) is 28.6 Å². The van der Waals surface area contributed by atoms with E-state index in [0.717, 1.165) is 70.6 Å². The fraction of sp³-hybridized carbons (Fsp3) is 0.877. The first-order valence-electron chi connectivity index (χ1n) is 27.8. The maximum absolute atomic E-state index is 12.8. The van der Waals surface area contributed by atoms with Gasteiger partial charge >= 0.3 is 17.9 Å². The third-order valence-corrected chi connectivity index (χ3v) is 12.5. The molecule has 0 saturated carbocycles. The molecule has 0 saturated heterocycles. The van der Waals surface area contributed by atoms with Gasteiger partial charge in [-0.2, -0.15) is 0 Å². The lowest BCUT2D eigenvalue weighted by Gasteiger charge is -2.18. The fourth-order valence-corrected chi connectivity index (χ4v) is 8.24. The average molecular weight is 887 g/mol. The lowest BCUT2D eigenvalue weighted by Crippen LogP contribution is -2.30. The third kappa shape index (κ3) is 50.7. The van der Waals surface area contributed by atoms with Gasteiger partial charge in [0.2, 0.25) is 0 Å². The molecule has 370 valence electrons. The van der Waals surface area contributed by atoms with Gasteiger partial charge in [-0.15, -0.1) is 0 Å². The molecule has 1 unspecified atom stereocenters. The minimum atomic E-state index is -0.768. The Balaban J connectivity index is 4.31. The maximum Gasteiger partial charge on any atom is 0.306 e. The van der Waals surface area contributed by atoms with E-state index in [9.17, 15) is 14.4 Å². The quantitative estimate of drug-likeness (QED) is 0.0262. The second kappa shape index (κ2) is 52.5. The molecule has 0 aliphatic rings. The summed E-state index contributed by atoms with van der Waals surface area (Å²) in [7, 11) is 0. The van der Waals surface area contributed by atoms with Crippen LogP contribution in [0.4, 0.5) is 0 Å². The summed E-state index contributed by atoms with van der Waals surface area (Å²) < 4.78 is 16.8. The average Bonchev–Trinajstić information content (AvgIpc) is 3.28. The van der Waals surface area contributed by atoms with E-state index in [2.05, 4.69) is 45.1 Å². The number of allylic oxidation sites excluding steroid dienone is 4. The van der Waals surface area contributed by atoms with Crippen LogP contribution in [0.1, 0.15) is 303 Å². The molecular formula is C57H106O6. The summed E-state index contributed by atoms with van der Waals surface area (Å²) >= 11 is 0. The largest absolute Gasteiger partial charge is 0.462 e. The molecule has 0 aromatic carbocycles. The van der Waals surface area contributed by atoms with Gasteiger partial charge in [0.15, 0.2) is 6.10 Å². The van der Waals surface area contributed by atoms with E-state index < -0.39 is 6.10 Å². The molecule has 0 rings (SSSR count). The van der Waals surface area contributed by atoms with Crippen molar-refractivity contribution in [1.82, 2.24) is 0 Å². The molecule has 6 nitrogen and oxygen atoms in total. The van der Waals surface area contributed by atoms with Gasteiger partial charge in [-0.3, -0.25) is 14.4 Å². The lowest BCUT2D eigenvalue weighted by molar-refractivity contribution is -0.167. The van der Waals surface area contributed by atoms with Crippen molar-refractivity contribution >= 4 is 17.9 Å². The van der Waals surface area contributed by atoms with Crippen LogP contribution in [0.15, 0.2) is 24.3 Å². The smallest absolute Gasteiger partial charge is 0.306 e. The lowest BCUT2D eigenvalue weighted by atomic mass is 10.0. The second-order valence-electron chi connectivity index (χ2n) is 18.9. The maximum atomic E-state index is 12.8. The minimum Gasteiger partial charge on any atom is -0.462 e. The number of carbonyl (C=O) groups excluding carboxylic acids is 3. The highest BCUT2D eigenvalue weighted by Gasteiger charge is 2.19. The highest BCUT2D eigenvalue weighted by molar-refractivity contribution is 5.71. The molecule has 0 amide bonds. The number of carbonyl (C=O) groups is 3. The first-order valence-corrected chi connectivity index (χ1v) is 27.8. The summed E-state index contributed by atoms with van der Waals surface area (Å²) in [6.45, 7) is 6.65. The molecule has 6 heteroatoms. The van der Waals surface area contributed by atoms with Crippen LogP contribution >= 0.6 is 0 Å². The van der Waals surface area contributed by atoms with E-state index in [0.29, 0.717) is 19.3 Å². The molecule has 63 heavy (non-hydrogen) atoms. The Morgan fingerprint density at radius 3 is 0.889 bits per heavy atom. The van der Waals surface area contributed by atoms with Gasteiger partial charge in [0.05, 0.1) is 0 Å². The zero-order chi connectivity index (χ0) is 45.8. The van der Waals surface area contributed by atoms with Crippen molar-refractivity contribution < 1.29 is 28.6 Å². The number of esters is 3. The SMILES string of the molecule is CCCCCC/C=C\C/C=C\CCCCCCCCCC(=O)OCC(COC(=O)CCCCCCCCCCCCC)OC(=O)CCCCCCCCCCCCCCCCCC. The molecule has 0 heterocycles. The summed E-state index contributed by atoms with van der Waals surface area (Å²) in [6, 6.07) is 0. The van der Waals surface area contributed by atoms with Crippen molar-refractivity contribution in [3.05, 3.63) is 24.3 Å². The summed E-state index contributed by atoms with van der Waals surface area (Å²) in [5, 5.41) is 0. The van der Waals surface area contributed by atoms with Gasteiger partial charge in [-0.25, -0.2) is 0 Å². The third-order valence-electron chi connectivity index (χ3n) is 12.5. The van der Waals surface area contributed by atoms with Gasteiger partial charge in [-0.1, -0.05) is 257 Å². The van der Waals surface area contributed by atoms with Crippen molar-refractivity contribution in [3.8, 4) is 0 Å². The Bertz CT molecular complexity index is 1020. The number of unbranched alkanes of at least 4 members (excludes halogenated alkanes) is 36. The first-order chi connectivity index (χ1) is 31.0. The van der Waals surface area contributed by atoms with E-state index in [4.69, 9.17) is 14.2 Å². The van der Waals surface area contributed by atoms with Crippen molar-refractivity contribution in [1.29, 1.82) is 0 Å². The van der Waals surface area contributed by atoms with Crippen LogP contribution in [0, 0.1) is 0 Å². The molecule has 0 radical (unpaired) electrons. The standard InChI is InChI=1S/C57H106O6/c1-4-7-10-13-16-19-22-24-26-28-29-31-32-35-38-41-44-47-50-56(59)62-53-54(52-61-55(58)49-46-43-40-37-34-21-18-15-12-9-6-3)63-57(60)51-48-45-42-39-36-33-30-27-25-23-20-17-14-11-8-5-2/h19,22,26,28,54H,4-18,20-21,23-25,27,29-53H2,1-3H3/b22-19-,28-26-. The summed E-state index contributed by atoms with van der Waals surface area (Å²) in [5.74, 6) is -0.859. The summed E-state index contributed by atoms with van der Waals surface area (Å²) in [5.41, 5.74) is 0. The predicted molar refractivity (Wildman–Crippen MR) is 270 cm³/mol. The number of rotatable bonds is 51. The van der Waals surface area contributed by atoms with E-state index in [1.54, 1.807) is 0 Å². The molecule has 0 aliphatic heterocycles. The zero-order valence-electron chi connectivity index (χ0n) is 42.4. The number of hydrogen-bond donors (Lipinski definition) is 0. The highest BCUT2D eigenvalue weighted by atomic mass is 16.6. The number of ether oxygens (including phenoxy) is 3. The van der Waals surface area contributed by atoms with Crippen LogP contribution in [0.3, 0.4) is 0 Å². The molecule has 0 aromatic rings. The minimum absolute atomic E-state index is 0.0686. The van der Waals surface area contributed by atoms with Crippen molar-refractivity contribution in [3.63, 3.8) is 0 Å². The van der Waals surface area contributed by atoms with Gasteiger partial charge in [0.1, 0.15) is 13.2 Å². The first kappa shape index (κ1) is 60.9. The Morgan fingerprint density at radius 2 is 0.571 bits per heavy atom. The normalized spacial score (nSPS) is 12.1. The monoisotopic (exact) mass is 887 g/mol. The Kier molecular flexibility index (Phi) is 50.8. The molecule has 1 atom stereocenters. The van der Waals surface area contributed by atoms with E-state index in [1.165, 1.54) is 193 Å². The molecule has 0 aromatic heterocycles. The van der Waals surface area contributed by atoms with Crippen molar-refractivity contribution in [2.24, 2.45) is 0 Å². The zero-order valence-corrected chi connectivity index (χ0v) is 42.4. The predicted octanol–water partition coefficient (Wildman–Crippen LogP) is 18.3. The van der Waals surface area contributed by atoms with Gasteiger partial charge in [0.25, 0.3) is 0 Å². The van der Waals surface area contributed by atoms with Crippen LogP contribution in [0.2, 0.25) is 0 Å². The Hall–Kier alpha value is -2.11. The highest BCUT2D eigenvalue weighted by Crippen LogP contribution is 2.16. The van der Waals surface area contributed by atoms with Crippen LogP contribution < -0.4 is 0 Å². The van der Waals surface area contributed by atoms with Gasteiger partial charge < -0.3 is 14.2 Å². The van der Waals surface area contributed by atoms with Crippen molar-refractivity contribution in [2.75, 3.05) is 13.2 Å². The van der Waals surface area contributed by atoms with E-state index in [1.807, 2.05) is 0 Å². The second-order valence-corrected chi connectivity index (χ2v) is 18.9. The van der Waals surface area contributed by atoms with Crippen LogP contribution in [0.25, 0.3) is 0 Å². The van der Waals surface area contributed by atoms with Gasteiger partial charge in [-0.05, 0) is 51.4 Å². The van der Waals surface area contributed by atoms with E-state index in [-0.39, 0.29) is 31.1 Å². The Labute approximate surface area is 392 Å². The molecule has 0 N–H and O–H groups in total. The summed E-state index contributed by atoms with van der Waals surface area (Å²) in [4.78, 5) is 38.0. The molecule has 0 bridgehead atoms. The van der Waals surface area contributed by atoms with E-state index >= 15 is 0 Å². The van der Waals surface area contributed by atoms with Gasteiger partial charge in [0, 0.05) is 19.3 Å². The van der Waals surface area contributed by atoms with Crippen LogP contribution in [-0.4, -0.2) is 37.2 Å². The Morgan fingerprint density at radius 1 is 0.317 bits per heavy atom. The molecule has 0 spiro atoms. The number of hydrogen-bond acceptors (Lipinski definition) is 6. The van der Waals surface area contributed by atoms with Crippen LogP contribution in [0.5, 0.6) is 0 Å². The molecule has 0 aliphatic carbocycles. The van der Waals surface area contributed by atoms with Crippen molar-refractivity contribution in [2.45, 2.75) is 309 Å². The molecule has 0 fully saturated rings. The molecular weight excluding hydrogens is 781 g/mol.